The summed E-state index contributed by atoms with van der Waals surface area (Å²) in [4.78, 5) is 42.8. The third-order valence-corrected chi connectivity index (χ3v) is 4.89. The lowest BCUT2D eigenvalue weighted by atomic mass is 10.1. The Balaban J connectivity index is 1.45. The highest BCUT2D eigenvalue weighted by molar-refractivity contribution is 6.21. The molecule has 8 heteroatoms. The number of hydrogen-bond acceptors (Lipinski definition) is 6. The molecule has 3 heterocycles. The van der Waals surface area contributed by atoms with Crippen LogP contribution in [0, 0.1) is 6.92 Å². The fraction of sp³-hybridized carbons (Fsp3) is 0.286. The van der Waals surface area contributed by atoms with Gasteiger partial charge in [0.2, 0.25) is 0 Å². The Hall–Kier alpha value is -3.55. The van der Waals surface area contributed by atoms with Gasteiger partial charge in [-0.1, -0.05) is 12.1 Å². The third-order valence-electron chi connectivity index (χ3n) is 4.89. The summed E-state index contributed by atoms with van der Waals surface area (Å²) in [7, 11) is 0. The first-order valence-corrected chi connectivity index (χ1v) is 9.35. The Labute approximate surface area is 167 Å². The van der Waals surface area contributed by atoms with Crippen LogP contribution in [-0.4, -0.2) is 50.6 Å². The van der Waals surface area contributed by atoms with Crippen LogP contribution in [0.3, 0.4) is 0 Å². The number of carbonyl (C=O) groups excluding carboxylic acids is 3. The summed E-state index contributed by atoms with van der Waals surface area (Å²) >= 11 is 0. The molecule has 0 aliphatic carbocycles. The molecule has 0 spiro atoms. The van der Waals surface area contributed by atoms with Crippen LogP contribution in [0.15, 0.2) is 36.5 Å². The number of nitrogens with zero attached hydrogens (tertiary/aromatic N) is 4. The predicted octanol–water partition coefficient (Wildman–Crippen LogP) is 2.77. The van der Waals surface area contributed by atoms with Crippen LogP contribution in [0.25, 0.3) is 11.0 Å². The topological polar surface area (TPSA) is 94.4 Å². The molecule has 0 radical (unpaired) electrons. The number of aromatic nitrogens is 3. The van der Waals surface area contributed by atoms with E-state index >= 15 is 0 Å². The van der Waals surface area contributed by atoms with E-state index in [2.05, 4.69) is 10.1 Å². The van der Waals surface area contributed by atoms with Gasteiger partial charge < -0.3 is 4.74 Å². The molecule has 2 aromatic heterocycles. The van der Waals surface area contributed by atoms with Crippen LogP contribution in [0.1, 0.15) is 56.7 Å². The summed E-state index contributed by atoms with van der Waals surface area (Å²) in [5.41, 5.74) is 2.32. The normalized spacial score (nSPS) is 13.4. The predicted molar refractivity (Wildman–Crippen MR) is 105 cm³/mol. The lowest BCUT2D eigenvalue weighted by Crippen LogP contribution is -2.33. The molecule has 1 aromatic carbocycles. The summed E-state index contributed by atoms with van der Waals surface area (Å²) in [5, 5.41) is 5.05. The van der Waals surface area contributed by atoms with Crippen LogP contribution < -0.4 is 0 Å². The Morgan fingerprint density at radius 3 is 2.41 bits per heavy atom. The Morgan fingerprint density at radius 2 is 1.79 bits per heavy atom. The van der Waals surface area contributed by atoms with Gasteiger partial charge in [-0.15, -0.1) is 0 Å². The highest BCUT2D eigenvalue weighted by Gasteiger charge is 2.34. The van der Waals surface area contributed by atoms with Gasteiger partial charge >= 0.3 is 5.97 Å². The van der Waals surface area contributed by atoms with Crippen molar-refractivity contribution in [2.24, 2.45) is 0 Å². The summed E-state index contributed by atoms with van der Waals surface area (Å²) in [6, 6.07) is 8.50. The van der Waals surface area contributed by atoms with E-state index in [1.54, 1.807) is 48.1 Å². The number of carbonyl (C=O) groups is 3. The van der Waals surface area contributed by atoms with Gasteiger partial charge in [-0.25, -0.2) is 14.5 Å². The average Bonchev–Trinajstić information content (AvgIpc) is 3.21. The molecule has 0 unspecified atom stereocenters. The van der Waals surface area contributed by atoms with E-state index in [9.17, 15) is 14.4 Å². The van der Waals surface area contributed by atoms with Crippen molar-refractivity contribution < 1.29 is 19.1 Å². The van der Waals surface area contributed by atoms with Crippen molar-refractivity contribution in [3.8, 4) is 0 Å². The first-order valence-electron chi connectivity index (χ1n) is 9.35. The quantitative estimate of drug-likeness (QED) is 0.489. The second-order valence-corrected chi connectivity index (χ2v) is 7.16. The first kappa shape index (κ1) is 18.8. The highest BCUT2D eigenvalue weighted by atomic mass is 16.5. The number of ether oxygens (including phenoxy) is 1. The standard InChI is InChI=1S/C21H20N4O4/c1-12(2)25-18-14(11-22-25)10-17(13(3)23-18)21(28)29-9-8-24-19(26)15-6-4-5-7-16(15)20(24)27/h4-7,10-12H,8-9H2,1-3H3. The van der Waals surface area contributed by atoms with Crippen LogP contribution in [0.4, 0.5) is 0 Å². The summed E-state index contributed by atoms with van der Waals surface area (Å²) < 4.78 is 7.11. The molecule has 3 aromatic rings. The van der Waals surface area contributed by atoms with E-state index in [0.717, 1.165) is 10.3 Å². The van der Waals surface area contributed by atoms with Gasteiger partial charge in [0.15, 0.2) is 5.65 Å². The number of fused-ring (bicyclic) bond motifs is 2. The van der Waals surface area contributed by atoms with Crippen molar-refractivity contribution in [2.75, 3.05) is 13.2 Å². The van der Waals surface area contributed by atoms with Gasteiger partial charge in [-0.2, -0.15) is 5.10 Å². The Morgan fingerprint density at radius 1 is 1.14 bits per heavy atom. The molecular formula is C21H20N4O4. The molecule has 0 bridgehead atoms. The molecule has 29 heavy (non-hydrogen) atoms. The largest absolute Gasteiger partial charge is 0.460 e. The zero-order valence-electron chi connectivity index (χ0n) is 16.4. The number of amides is 2. The van der Waals surface area contributed by atoms with E-state index in [1.165, 1.54) is 0 Å². The Kier molecular flexibility index (Phi) is 4.62. The van der Waals surface area contributed by atoms with E-state index in [-0.39, 0.29) is 31.0 Å². The lowest BCUT2D eigenvalue weighted by Gasteiger charge is -2.14. The molecule has 148 valence electrons. The number of esters is 1. The summed E-state index contributed by atoms with van der Waals surface area (Å²) in [5.74, 6) is -1.30. The van der Waals surface area contributed by atoms with Crippen molar-refractivity contribution in [3.63, 3.8) is 0 Å². The molecule has 4 rings (SSSR count). The molecule has 1 aliphatic heterocycles. The molecule has 0 saturated carbocycles. The van der Waals surface area contributed by atoms with E-state index in [4.69, 9.17) is 4.74 Å². The second-order valence-electron chi connectivity index (χ2n) is 7.16. The second kappa shape index (κ2) is 7.12. The fourth-order valence-electron chi connectivity index (χ4n) is 3.40. The van der Waals surface area contributed by atoms with E-state index in [1.807, 2.05) is 13.8 Å². The number of imide groups is 1. The maximum Gasteiger partial charge on any atom is 0.340 e. The van der Waals surface area contributed by atoms with Gasteiger partial charge in [0.1, 0.15) is 6.61 Å². The molecular weight excluding hydrogens is 372 g/mol. The minimum Gasteiger partial charge on any atom is -0.460 e. The molecule has 0 saturated heterocycles. The zero-order chi connectivity index (χ0) is 20.7. The van der Waals surface area contributed by atoms with Gasteiger partial charge in [0.25, 0.3) is 11.8 Å². The third kappa shape index (κ3) is 3.16. The number of rotatable bonds is 5. The van der Waals surface area contributed by atoms with Gasteiger partial charge in [0.05, 0.1) is 35.1 Å². The van der Waals surface area contributed by atoms with Crippen molar-refractivity contribution in [1.29, 1.82) is 0 Å². The minimum atomic E-state index is -0.550. The molecule has 1 aliphatic rings. The van der Waals surface area contributed by atoms with E-state index < -0.39 is 5.97 Å². The molecule has 0 atom stereocenters. The summed E-state index contributed by atoms with van der Waals surface area (Å²) in [6.45, 7) is 5.65. The molecule has 0 N–H and O–H groups in total. The van der Waals surface area contributed by atoms with E-state index in [0.29, 0.717) is 28.0 Å². The highest BCUT2D eigenvalue weighted by Crippen LogP contribution is 2.22. The summed E-state index contributed by atoms with van der Waals surface area (Å²) in [6.07, 6.45) is 1.66. The number of aryl methyl sites for hydroxylation is 1. The first-order chi connectivity index (χ1) is 13.9. The monoisotopic (exact) mass is 392 g/mol. The smallest absolute Gasteiger partial charge is 0.340 e. The Bertz CT molecular complexity index is 1110. The minimum absolute atomic E-state index is 0.00190. The maximum absolute atomic E-state index is 12.5. The van der Waals surface area contributed by atoms with Crippen molar-refractivity contribution in [3.05, 3.63) is 58.9 Å². The van der Waals surface area contributed by atoms with Crippen LogP contribution in [-0.2, 0) is 4.74 Å². The number of benzene rings is 1. The molecule has 0 fully saturated rings. The van der Waals surface area contributed by atoms with Gasteiger partial charge in [-0.3, -0.25) is 14.5 Å². The number of hydrogen-bond donors (Lipinski definition) is 0. The molecule has 2 amide bonds. The van der Waals surface area contributed by atoms with Crippen LogP contribution in [0.5, 0.6) is 0 Å². The number of pyridine rings is 1. The van der Waals surface area contributed by atoms with Crippen LogP contribution >= 0.6 is 0 Å². The van der Waals surface area contributed by atoms with Gasteiger partial charge in [0, 0.05) is 11.4 Å². The lowest BCUT2D eigenvalue weighted by molar-refractivity contribution is 0.0419. The SMILES string of the molecule is Cc1nc2c(cnn2C(C)C)cc1C(=O)OCCN1C(=O)c2ccccc2C1=O. The van der Waals surface area contributed by atoms with Crippen molar-refractivity contribution >= 4 is 28.8 Å². The fourth-order valence-corrected chi connectivity index (χ4v) is 3.40. The average molecular weight is 392 g/mol. The zero-order valence-corrected chi connectivity index (χ0v) is 16.4. The van der Waals surface area contributed by atoms with Crippen molar-refractivity contribution in [1.82, 2.24) is 19.7 Å². The van der Waals surface area contributed by atoms with Gasteiger partial charge in [-0.05, 0) is 39.0 Å². The van der Waals surface area contributed by atoms with Crippen molar-refractivity contribution in [2.45, 2.75) is 26.8 Å². The maximum atomic E-state index is 12.5. The molecule has 8 nitrogen and oxygen atoms in total. The van der Waals surface area contributed by atoms with Crippen LogP contribution in [0.2, 0.25) is 0 Å².